The molecule has 30 heavy (non-hydrogen) atoms. The Morgan fingerprint density at radius 2 is 1.97 bits per heavy atom. The number of aliphatic imine (C=N–C) groups is 1. The molecule has 1 unspecified atom stereocenters. The van der Waals surface area contributed by atoms with Crippen molar-refractivity contribution in [1.82, 2.24) is 4.90 Å². The van der Waals surface area contributed by atoms with Crippen LogP contribution in [0.25, 0.3) is 11.1 Å². The molecule has 7 heteroatoms. The van der Waals surface area contributed by atoms with Crippen molar-refractivity contribution in [3.63, 3.8) is 0 Å². The van der Waals surface area contributed by atoms with Crippen LogP contribution in [0.3, 0.4) is 0 Å². The van der Waals surface area contributed by atoms with Crippen molar-refractivity contribution in [2.24, 2.45) is 10.7 Å². The first-order valence-electron chi connectivity index (χ1n) is 10.1. The Balaban J connectivity index is 1.61. The molecule has 1 aliphatic rings. The van der Waals surface area contributed by atoms with Gasteiger partial charge in [-0.05, 0) is 69.0 Å². The van der Waals surface area contributed by atoms with Crippen molar-refractivity contribution >= 4 is 29.2 Å². The molecule has 0 aromatic heterocycles. The third-order valence-corrected chi connectivity index (χ3v) is 5.06. The van der Waals surface area contributed by atoms with E-state index in [0.717, 1.165) is 29.7 Å². The number of hydrogen-bond acceptors (Lipinski definition) is 4. The van der Waals surface area contributed by atoms with Gasteiger partial charge in [0, 0.05) is 17.3 Å². The van der Waals surface area contributed by atoms with E-state index in [-0.39, 0.29) is 12.1 Å². The lowest BCUT2D eigenvalue weighted by Gasteiger charge is -2.28. The van der Waals surface area contributed by atoms with Crippen molar-refractivity contribution in [3.8, 4) is 11.1 Å². The molecule has 1 heterocycles. The molecule has 6 nitrogen and oxygen atoms in total. The standard InChI is InChI=1S/C23H29ClN4O2/c1-23(2,3)30-22(29)28-13-5-8-20(28)21(25)27-15-26-19-7-4-6-17(14-19)16-9-11-18(24)12-10-16/h4,6-7,9-12,14,20,26H,5,8,13,15H2,1-3H3,(H2,25,27). The summed E-state index contributed by atoms with van der Waals surface area (Å²) in [4.78, 5) is 18.6. The highest BCUT2D eigenvalue weighted by Gasteiger charge is 2.34. The lowest BCUT2D eigenvalue weighted by molar-refractivity contribution is 0.0265. The highest BCUT2D eigenvalue weighted by Crippen LogP contribution is 2.24. The van der Waals surface area contributed by atoms with E-state index in [2.05, 4.69) is 16.4 Å². The predicted molar refractivity (Wildman–Crippen MR) is 123 cm³/mol. The number of benzene rings is 2. The zero-order valence-corrected chi connectivity index (χ0v) is 18.4. The fourth-order valence-electron chi connectivity index (χ4n) is 3.39. The number of nitrogens with zero attached hydrogens (tertiary/aromatic N) is 2. The summed E-state index contributed by atoms with van der Waals surface area (Å²) in [7, 11) is 0. The number of nitrogens with two attached hydrogens (primary N) is 1. The van der Waals surface area contributed by atoms with Crippen molar-refractivity contribution in [3.05, 3.63) is 53.6 Å². The topological polar surface area (TPSA) is 80.0 Å². The van der Waals surface area contributed by atoms with Gasteiger partial charge in [0.25, 0.3) is 0 Å². The molecule has 3 rings (SSSR count). The molecule has 0 bridgehead atoms. The van der Waals surface area contributed by atoms with Gasteiger partial charge in [-0.15, -0.1) is 0 Å². The predicted octanol–water partition coefficient (Wildman–Crippen LogP) is 5.13. The average molecular weight is 429 g/mol. The largest absolute Gasteiger partial charge is 0.444 e. The normalized spacial score (nSPS) is 17.1. The van der Waals surface area contributed by atoms with Gasteiger partial charge in [0.2, 0.25) is 0 Å². The van der Waals surface area contributed by atoms with Crippen molar-refractivity contribution in [2.75, 3.05) is 18.5 Å². The second kappa shape index (κ2) is 9.39. The number of carbonyl (C=O) groups is 1. The van der Waals surface area contributed by atoms with Crippen molar-refractivity contribution < 1.29 is 9.53 Å². The number of anilines is 1. The number of nitrogens with one attached hydrogen (secondary N) is 1. The average Bonchev–Trinajstić information content (AvgIpc) is 3.18. The molecule has 0 aliphatic carbocycles. The molecule has 1 amide bonds. The van der Waals surface area contributed by atoms with Gasteiger partial charge in [-0.2, -0.15) is 0 Å². The summed E-state index contributed by atoms with van der Waals surface area (Å²) in [6, 6.07) is 15.6. The molecule has 0 radical (unpaired) electrons. The summed E-state index contributed by atoms with van der Waals surface area (Å²) >= 11 is 5.97. The number of hydrogen-bond donors (Lipinski definition) is 2. The molecule has 160 valence electrons. The first-order valence-corrected chi connectivity index (χ1v) is 10.5. The molecule has 1 fully saturated rings. The smallest absolute Gasteiger partial charge is 0.410 e. The zero-order valence-electron chi connectivity index (χ0n) is 17.7. The Bertz CT molecular complexity index is 906. The maximum atomic E-state index is 12.4. The second-order valence-corrected chi connectivity index (χ2v) is 8.77. The maximum absolute atomic E-state index is 12.4. The van der Waals surface area contributed by atoms with E-state index in [1.54, 1.807) is 4.90 Å². The highest BCUT2D eigenvalue weighted by molar-refractivity contribution is 6.30. The SMILES string of the molecule is CC(C)(C)OC(=O)N1CCCC1C(N)=NCNc1cccc(-c2ccc(Cl)cc2)c1. The number of ether oxygens (including phenoxy) is 1. The number of amidine groups is 1. The van der Waals surface area contributed by atoms with Crippen LogP contribution in [0.4, 0.5) is 10.5 Å². The minimum absolute atomic E-state index is 0.220. The molecule has 2 aromatic carbocycles. The molecule has 2 aromatic rings. The molecular weight excluding hydrogens is 400 g/mol. The number of carbonyl (C=O) groups excluding carboxylic acids is 1. The van der Waals surface area contributed by atoms with Crippen LogP contribution in [-0.4, -0.2) is 41.7 Å². The molecule has 1 saturated heterocycles. The van der Waals surface area contributed by atoms with Crippen LogP contribution in [0, 0.1) is 0 Å². The van der Waals surface area contributed by atoms with Gasteiger partial charge >= 0.3 is 6.09 Å². The fraction of sp³-hybridized carbons (Fsp3) is 0.391. The Morgan fingerprint density at radius 1 is 1.23 bits per heavy atom. The third kappa shape index (κ3) is 5.89. The van der Waals surface area contributed by atoms with Gasteiger partial charge in [-0.25, -0.2) is 9.79 Å². The van der Waals surface area contributed by atoms with Gasteiger partial charge in [-0.1, -0.05) is 35.9 Å². The first kappa shape index (κ1) is 22.0. The van der Waals surface area contributed by atoms with E-state index in [0.29, 0.717) is 24.1 Å². The second-order valence-electron chi connectivity index (χ2n) is 8.34. The summed E-state index contributed by atoms with van der Waals surface area (Å²) in [5.41, 5.74) is 8.79. The van der Waals surface area contributed by atoms with Crippen LogP contribution >= 0.6 is 11.6 Å². The van der Waals surface area contributed by atoms with E-state index in [1.807, 2.05) is 63.2 Å². The Morgan fingerprint density at radius 3 is 2.67 bits per heavy atom. The minimum atomic E-state index is -0.535. The van der Waals surface area contributed by atoms with Gasteiger partial charge in [-0.3, -0.25) is 4.90 Å². The summed E-state index contributed by atoms with van der Waals surface area (Å²) in [5, 5.41) is 3.99. The van der Waals surface area contributed by atoms with Gasteiger partial charge < -0.3 is 15.8 Å². The van der Waals surface area contributed by atoms with Crippen LogP contribution < -0.4 is 11.1 Å². The Kier molecular flexibility index (Phi) is 6.87. The maximum Gasteiger partial charge on any atom is 0.410 e. The Labute approximate surface area is 183 Å². The van der Waals surface area contributed by atoms with Crippen LogP contribution in [0.5, 0.6) is 0 Å². The molecular formula is C23H29ClN4O2. The van der Waals surface area contributed by atoms with E-state index >= 15 is 0 Å². The van der Waals surface area contributed by atoms with Gasteiger partial charge in [0.15, 0.2) is 0 Å². The number of rotatable bonds is 5. The van der Waals surface area contributed by atoms with Gasteiger partial charge in [0.1, 0.15) is 18.1 Å². The summed E-state index contributed by atoms with van der Waals surface area (Å²) in [6.07, 6.45) is 1.34. The molecule has 3 N–H and O–H groups in total. The molecule has 0 spiro atoms. The summed E-state index contributed by atoms with van der Waals surface area (Å²) in [6.45, 7) is 6.53. The van der Waals surface area contributed by atoms with Crippen molar-refractivity contribution in [2.45, 2.75) is 45.3 Å². The van der Waals surface area contributed by atoms with E-state index in [9.17, 15) is 4.79 Å². The van der Waals surface area contributed by atoms with Crippen LogP contribution in [-0.2, 0) is 4.74 Å². The lowest BCUT2D eigenvalue weighted by atomic mass is 10.1. The molecule has 1 atom stereocenters. The van der Waals surface area contributed by atoms with E-state index in [4.69, 9.17) is 22.1 Å². The van der Waals surface area contributed by atoms with E-state index in [1.165, 1.54) is 0 Å². The van der Waals surface area contributed by atoms with E-state index < -0.39 is 5.60 Å². The van der Waals surface area contributed by atoms with Crippen LogP contribution in [0.2, 0.25) is 5.02 Å². The van der Waals surface area contributed by atoms with Crippen molar-refractivity contribution in [1.29, 1.82) is 0 Å². The third-order valence-electron chi connectivity index (χ3n) is 4.81. The number of halogens is 1. The summed E-state index contributed by atoms with van der Waals surface area (Å²) in [5.74, 6) is 0.444. The number of likely N-dealkylation sites (tertiary alicyclic amines) is 1. The number of amides is 1. The lowest BCUT2D eigenvalue weighted by Crippen LogP contribution is -2.46. The zero-order chi connectivity index (χ0) is 21.7. The molecule has 1 aliphatic heterocycles. The Hall–Kier alpha value is -2.73. The van der Waals surface area contributed by atoms with Crippen LogP contribution in [0.1, 0.15) is 33.6 Å². The minimum Gasteiger partial charge on any atom is -0.444 e. The molecule has 0 saturated carbocycles. The summed E-state index contributed by atoms with van der Waals surface area (Å²) < 4.78 is 5.49. The van der Waals surface area contributed by atoms with Crippen LogP contribution in [0.15, 0.2) is 53.5 Å². The quantitative estimate of drug-likeness (QED) is 0.510. The monoisotopic (exact) mass is 428 g/mol. The first-order chi connectivity index (χ1) is 14.2. The van der Waals surface area contributed by atoms with Gasteiger partial charge in [0.05, 0.1) is 6.04 Å². The highest BCUT2D eigenvalue weighted by atomic mass is 35.5. The fourth-order valence-corrected chi connectivity index (χ4v) is 3.52.